The van der Waals surface area contributed by atoms with E-state index in [-0.39, 0.29) is 35.1 Å². The Balaban J connectivity index is 1.86. The Hall–Kier alpha value is -3.04. The molecule has 0 spiro atoms. The Kier molecular flexibility index (Phi) is 7.65. The number of amides is 1. The number of phenolic OH excluding ortho intramolecular Hbond substituents is 1. The molecular weight excluding hydrogens is 428 g/mol. The molecule has 33 heavy (non-hydrogen) atoms. The number of carbonyl (C=O) groups is 1. The van der Waals surface area contributed by atoms with Crippen molar-refractivity contribution in [1.82, 2.24) is 10.2 Å². The lowest BCUT2D eigenvalue weighted by molar-refractivity contribution is -0.122. The average Bonchev–Trinajstić information content (AvgIpc) is 2.80. The van der Waals surface area contributed by atoms with Crippen LogP contribution in [0.5, 0.6) is 17.2 Å². The van der Waals surface area contributed by atoms with Gasteiger partial charge in [0.25, 0.3) is 0 Å². The molecule has 0 unspecified atom stereocenters. The molecule has 2 heterocycles. The first-order valence-corrected chi connectivity index (χ1v) is 10.9. The maximum absolute atomic E-state index is 13.0. The molecule has 3 rings (SSSR count). The van der Waals surface area contributed by atoms with E-state index < -0.39 is 17.1 Å². The van der Waals surface area contributed by atoms with Gasteiger partial charge in [-0.15, -0.1) is 0 Å². The number of nitrogens with one attached hydrogen (secondary N) is 1. The Bertz CT molecular complexity index is 1040. The lowest BCUT2D eigenvalue weighted by atomic mass is 9.91. The van der Waals surface area contributed by atoms with Crippen molar-refractivity contribution in [3.05, 3.63) is 51.6 Å². The molecule has 1 saturated heterocycles. The van der Waals surface area contributed by atoms with Crippen LogP contribution in [0.1, 0.15) is 43.3 Å². The van der Waals surface area contributed by atoms with Crippen LogP contribution in [0, 0.1) is 6.92 Å². The Morgan fingerprint density at radius 3 is 2.61 bits per heavy atom. The lowest BCUT2D eigenvalue weighted by Crippen LogP contribution is -2.55. The van der Waals surface area contributed by atoms with Crippen molar-refractivity contribution in [3.8, 4) is 17.2 Å². The topological polar surface area (TPSA) is 121 Å². The van der Waals surface area contributed by atoms with E-state index in [1.807, 2.05) is 0 Å². The highest BCUT2D eigenvalue weighted by Crippen LogP contribution is 2.37. The van der Waals surface area contributed by atoms with Crippen LogP contribution in [0.2, 0.25) is 0 Å². The zero-order chi connectivity index (χ0) is 24.2. The molecule has 0 bridgehead atoms. The minimum atomic E-state index is -0.765. The molecule has 0 saturated carbocycles. The number of morpholine rings is 1. The summed E-state index contributed by atoms with van der Waals surface area (Å²) in [5.41, 5.74) is -0.302. The normalized spacial score (nSPS) is 15.8. The number of methoxy groups -OCH3 is 1. The second-order valence-corrected chi connectivity index (χ2v) is 8.81. The lowest BCUT2D eigenvalue weighted by Gasteiger charge is -2.40. The number of benzene rings is 1. The number of ether oxygens (including phenoxy) is 2. The van der Waals surface area contributed by atoms with E-state index in [1.165, 1.54) is 19.2 Å². The summed E-state index contributed by atoms with van der Waals surface area (Å²) < 4.78 is 16.3. The van der Waals surface area contributed by atoms with Crippen molar-refractivity contribution >= 4 is 5.91 Å². The van der Waals surface area contributed by atoms with Crippen molar-refractivity contribution in [2.45, 2.75) is 38.6 Å². The van der Waals surface area contributed by atoms with Gasteiger partial charge in [-0.05, 0) is 38.5 Å². The van der Waals surface area contributed by atoms with E-state index in [1.54, 1.807) is 19.1 Å². The number of rotatable bonds is 8. The number of phenols is 1. The van der Waals surface area contributed by atoms with Crippen molar-refractivity contribution in [2.75, 3.05) is 40.0 Å². The fourth-order valence-electron chi connectivity index (χ4n) is 3.99. The van der Waals surface area contributed by atoms with E-state index in [2.05, 4.69) is 24.1 Å². The maximum atomic E-state index is 13.0. The van der Waals surface area contributed by atoms with Crippen LogP contribution in [0.15, 0.2) is 33.5 Å². The average molecular weight is 461 g/mol. The Morgan fingerprint density at radius 1 is 1.24 bits per heavy atom. The fraction of sp³-hybridized carbons (Fsp3) is 0.500. The second-order valence-electron chi connectivity index (χ2n) is 8.81. The van der Waals surface area contributed by atoms with E-state index in [9.17, 15) is 19.8 Å². The first kappa shape index (κ1) is 24.6. The number of aryl methyl sites for hydroxylation is 1. The molecule has 1 fully saturated rings. The van der Waals surface area contributed by atoms with Gasteiger partial charge >= 0.3 is 0 Å². The first-order valence-electron chi connectivity index (χ1n) is 10.9. The Labute approximate surface area is 192 Å². The molecule has 9 heteroatoms. The number of hydrogen-bond acceptors (Lipinski definition) is 8. The van der Waals surface area contributed by atoms with Gasteiger partial charge in [-0.1, -0.05) is 6.07 Å². The third-order valence-corrected chi connectivity index (χ3v) is 5.97. The van der Waals surface area contributed by atoms with Crippen LogP contribution < -0.4 is 15.5 Å². The van der Waals surface area contributed by atoms with E-state index >= 15 is 0 Å². The quantitative estimate of drug-likeness (QED) is 0.548. The highest BCUT2D eigenvalue weighted by Gasteiger charge is 2.30. The van der Waals surface area contributed by atoms with Crippen molar-refractivity contribution in [3.63, 3.8) is 0 Å². The Morgan fingerprint density at radius 2 is 1.94 bits per heavy atom. The molecule has 9 nitrogen and oxygen atoms in total. The summed E-state index contributed by atoms with van der Waals surface area (Å²) in [7, 11) is 1.42. The van der Waals surface area contributed by atoms with E-state index in [0.29, 0.717) is 31.1 Å². The fourth-order valence-corrected chi connectivity index (χ4v) is 3.99. The summed E-state index contributed by atoms with van der Waals surface area (Å²) in [6, 6.07) is 5.80. The zero-order valence-corrected chi connectivity index (χ0v) is 19.5. The van der Waals surface area contributed by atoms with Gasteiger partial charge in [0, 0.05) is 37.7 Å². The molecule has 0 radical (unpaired) electrons. The third-order valence-electron chi connectivity index (χ3n) is 5.97. The first-order chi connectivity index (χ1) is 15.6. The standard InChI is InChI=1S/C24H32N2O7/c1-15-11-19(28)22(30)23(33-15)17(16-5-6-18(27)20(12-16)31-4)13-21(29)25-14-24(2,3)26-7-9-32-10-8-26/h5-6,11-12,17,27,30H,7-10,13-14H2,1-4H3,(H,25,29)/t17-/m1/s1. The summed E-state index contributed by atoms with van der Waals surface area (Å²) in [4.78, 5) is 27.5. The summed E-state index contributed by atoms with van der Waals surface area (Å²) in [5.74, 6) is -1.12. The van der Waals surface area contributed by atoms with Crippen LogP contribution in [0.3, 0.4) is 0 Å². The van der Waals surface area contributed by atoms with Gasteiger partial charge in [0.1, 0.15) is 5.76 Å². The zero-order valence-electron chi connectivity index (χ0n) is 19.5. The van der Waals surface area contributed by atoms with Crippen molar-refractivity contribution < 1.29 is 28.9 Å². The maximum Gasteiger partial charge on any atom is 0.227 e. The molecule has 1 aliphatic rings. The van der Waals surface area contributed by atoms with E-state index in [0.717, 1.165) is 13.1 Å². The predicted molar refractivity (Wildman–Crippen MR) is 122 cm³/mol. The van der Waals surface area contributed by atoms with Gasteiger partial charge in [0.2, 0.25) is 17.1 Å². The summed E-state index contributed by atoms with van der Waals surface area (Å²) >= 11 is 0. The van der Waals surface area contributed by atoms with Crippen LogP contribution in [0.4, 0.5) is 0 Å². The van der Waals surface area contributed by atoms with Gasteiger partial charge in [0.15, 0.2) is 17.3 Å². The SMILES string of the molecule is COc1cc([C@@H](CC(=O)NCC(C)(C)N2CCOCC2)c2oc(C)cc(=O)c2O)ccc1O. The van der Waals surface area contributed by atoms with Crippen LogP contribution >= 0.6 is 0 Å². The number of carbonyl (C=O) groups excluding carboxylic acids is 1. The van der Waals surface area contributed by atoms with Crippen LogP contribution in [-0.4, -0.2) is 66.5 Å². The highest BCUT2D eigenvalue weighted by molar-refractivity contribution is 5.77. The molecule has 180 valence electrons. The van der Waals surface area contributed by atoms with Gasteiger partial charge in [-0.2, -0.15) is 0 Å². The van der Waals surface area contributed by atoms with Gasteiger partial charge < -0.3 is 29.4 Å². The summed E-state index contributed by atoms with van der Waals surface area (Å²) in [6.07, 6.45) is -0.0763. The molecule has 1 atom stereocenters. The van der Waals surface area contributed by atoms with Crippen LogP contribution in [-0.2, 0) is 9.53 Å². The molecule has 3 N–H and O–H groups in total. The number of hydrogen-bond donors (Lipinski definition) is 3. The molecular formula is C24H32N2O7. The molecule has 1 aromatic heterocycles. The van der Waals surface area contributed by atoms with Gasteiger partial charge in [-0.25, -0.2) is 0 Å². The molecule has 1 aliphatic heterocycles. The number of nitrogens with zero attached hydrogens (tertiary/aromatic N) is 1. The summed E-state index contributed by atoms with van der Waals surface area (Å²) in [6.45, 7) is 9.05. The third kappa shape index (κ3) is 5.85. The summed E-state index contributed by atoms with van der Waals surface area (Å²) in [5, 5.41) is 23.4. The van der Waals surface area contributed by atoms with Gasteiger partial charge in [0.05, 0.1) is 26.2 Å². The molecule has 1 amide bonds. The smallest absolute Gasteiger partial charge is 0.227 e. The molecule has 0 aliphatic carbocycles. The minimum Gasteiger partial charge on any atom is -0.504 e. The second kappa shape index (κ2) is 10.3. The van der Waals surface area contributed by atoms with Crippen molar-refractivity contribution in [2.24, 2.45) is 0 Å². The molecule has 1 aromatic carbocycles. The monoisotopic (exact) mass is 460 g/mol. The predicted octanol–water partition coefficient (Wildman–Crippen LogP) is 2.12. The minimum absolute atomic E-state index is 0.00432. The van der Waals surface area contributed by atoms with Gasteiger partial charge in [-0.3, -0.25) is 14.5 Å². The van der Waals surface area contributed by atoms with Crippen molar-refractivity contribution in [1.29, 1.82) is 0 Å². The van der Waals surface area contributed by atoms with Crippen LogP contribution in [0.25, 0.3) is 0 Å². The molecule has 2 aromatic rings. The largest absolute Gasteiger partial charge is 0.504 e. The highest BCUT2D eigenvalue weighted by atomic mass is 16.5. The number of aromatic hydroxyl groups is 2. The van der Waals surface area contributed by atoms with E-state index in [4.69, 9.17) is 13.9 Å².